The van der Waals surface area contributed by atoms with Gasteiger partial charge in [-0.05, 0) is 25.5 Å². The standard InChI is InChI=1S/C15H13ClO3/c1-2-4-9-7-10(16)14(13(19)8-9)15-11(17)5-3-6-12(15)18/h7-8,15,19H,3,5-6H2,1H3. The summed E-state index contributed by atoms with van der Waals surface area (Å²) >= 11 is 6.10. The lowest BCUT2D eigenvalue weighted by Crippen LogP contribution is -2.26. The van der Waals surface area contributed by atoms with Crippen LogP contribution in [-0.4, -0.2) is 16.7 Å². The van der Waals surface area contributed by atoms with E-state index in [1.807, 2.05) is 0 Å². The van der Waals surface area contributed by atoms with E-state index in [4.69, 9.17) is 11.6 Å². The number of ketones is 2. The van der Waals surface area contributed by atoms with Gasteiger partial charge in [-0.25, -0.2) is 0 Å². The number of carbonyl (C=O) groups excluding carboxylic acids is 2. The van der Waals surface area contributed by atoms with E-state index in [0.717, 1.165) is 0 Å². The molecule has 19 heavy (non-hydrogen) atoms. The molecule has 0 saturated heterocycles. The molecule has 98 valence electrons. The first-order chi connectivity index (χ1) is 9.04. The lowest BCUT2D eigenvalue weighted by Gasteiger charge is -2.21. The highest BCUT2D eigenvalue weighted by molar-refractivity contribution is 6.32. The predicted octanol–water partition coefficient (Wildman–Crippen LogP) is 2.82. The molecule has 0 aromatic heterocycles. The molecule has 4 heteroatoms. The van der Waals surface area contributed by atoms with Crippen LogP contribution in [0.2, 0.25) is 5.02 Å². The van der Waals surface area contributed by atoms with Crippen LogP contribution >= 0.6 is 11.6 Å². The third-order valence-corrected chi connectivity index (χ3v) is 3.47. The molecule has 1 fully saturated rings. The van der Waals surface area contributed by atoms with Crippen molar-refractivity contribution >= 4 is 23.2 Å². The van der Waals surface area contributed by atoms with Gasteiger partial charge in [-0.15, -0.1) is 5.92 Å². The maximum absolute atomic E-state index is 11.9. The fraction of sp³-hybridized carbons (Fsp3) is 0.333. The van der Waals surface area contributed by atoms with Crippen molar-refractivity contribution in [3.05, 3.63) is 28.3 Å². The van der Waals surface area contributed by atoms with Crippen LogP contribution in [0, 0.1) is 11.8 Å². The average molecular weight is 277 g/mol. The molecule has 1 N–H and O–H groups in total. The first-order valence-electron chi connectivity index (χ1n) is 6.05. The van der Waals surface area contributed by atoms with E-state index in [1.165, 1.54) is 6.07 Å². The number of phenolic OH excluding ortho intramolecular Hbond substituents is 1. The maximum Gasteiger partial charge on any atom is 0.147 e. The van der Waals surface area contributed by atoms with Crippen LogP contribution in [0.5, 0.6) is 5.75 Å². The Hall–Kier alpha value is -1.79. The zero-order valence-corrected chi connectivity index (χ0v) is 11.3. The first kappa shape index (κ1) is 13.6. The first-order valence-corrected chi connectivity index (χ1v) is 6.43. The molecule has 0 bridgehead atoms. The fourth-order valence-electron chi connectivity index (χ4n) is 2.33. The monoisotopic (exact) mass is 276 g/mol. The fourth-order valence-corrected chi connectivity index (χ4v) is 2.66. The topological polar surface area (TPSA) is 54.4 Å². The van der Waals surface area contributed by atoms with E-state index in [1.54, 1.807) is 13.0 Å². The summed E-state index contributed by atoms with van der Waals surface area (Å²) in [4.78, 5) is 23.8. The van der Waals surface area contributed by atoms with Crippen LogP contribution in [-0.2, 0) is 9.59 Å². The summed E-state index contributed by atoms with van der Waals surface area (Å²) in [7, 11) is 0. The van der Waals surface area contributed by atoms with Crippen molar-refractivity contribution in [1.29, 1.82) is 0 Å². The maximum atomic E-state index is 11.9. The van der Waals surface area contributed by atoms with Gasteiger partial charge in [0.05, 0.1) is 0 Å². The van der Waals surface area contributed by atoms with E-state index < -0.39 is 5.92 Å². The molecule has 1 saturated carbocycles. The van der Waals surface area contributed by atoms with Crippen molar-refractivity contribution in [2.75, 3.05) is 0 Å². The van der Waals surface area contributed by atoms with Crippen molar-refractivity contribution in [2.24, 2.45) is 0 Å². The number of halogens is 1. The molecule has 1 aliphatic rings. The van der Waals surface area contributed by atoms with E-state index in [-0.39, 0.29) is 27.9 Å². The van der Waals surface area contributed by atoms with Gasteiger partial charge in [0.1, 0.15) is 23.2 Å². The molecule has 1 aromatic carbocycles. The van der Waals surface area contributed by atoms with Gasteiger partial charge >= 0.3 is 0 Å². The summed E-state index contributed by atoms with van der Waals surface area (Å²) in [6.07, 6.45) is 1.28. The molecular weight excluding hydrogens is 264 g/mol. The Morgan fingerprint density at radius 1 is 1.26 bits per heavy atom. The number of aromatic hydroxyl groups is 1. The normalized spacial score (nSPS) is 16.1. The zero-order valence-electron chi connectivity index (χ0n) is 10.5. The molecule has 0 heterocycles. The van der Waals surface area contributed by atoms with Gasteiger partial charge in [0.2, 0.25) is 0 Å². The summed E-state index contributed by atoms with van der Waals surface area (Å²) in [5.74, 6) is 4.06. The summed E-state index contributed by atoms with van der Waals surface area (Å²) in [5, 5.41) is 10.2. The molecule has 0 amide bonds. The third kappa shape index (κ3) is 2.64. The van der Waals surface area contributed by atoms with Gasteiger partial charge in [0, 0.05) is 29.0 Å². The van der Waals surface area contributed by atoms with Gasteiger partial charge in [-0.3, -0.25) is 9.59 Å². The Kier molecular flexibility index (Phi) is 3.92. The highest BCUT2D eigenvalue weighted by Gasteiger charge is 2.34. The molecule has 1 aromatic rings. The Morgan fingerprint density at radius 2 is 1.89 bits per heavy atom. The molecule has 0 radical (unpaired) electrons. The lowest BCUT2D eigenvalue weighted by molar-refractivity contribution is -0.131. The highest BCUT2D eigenvalue weighted by atomic mass is 35.5. The smallest absolute Gasteiger partial charge is 0.147 e. The molecule has 0 spiro atoms. The average Bonchev–Trinajstić information content (AvgIpc) is 2.32. The second kappa shape index (κ2) is 5.46. The number of hydrogen-bond donors (Lipinski definition) is 1. The van der Waals surface area contributed by atoms with Crippen molar-refractivity contribution in [2.45, 2.75) is 32.1 Å². The van der Waals surface area contributed by atoms with Gasteiger partial charge in [-0.1, -0.05) is 17.5 Å². The number of benzene rings is 1. The molecule has 3 nitrogen and oxygen atoms in total. The van der Waals surface area contributed by atoms with Crippen molar-refractivity contribution < 1.29 is 14.7 Å². The third-order valence-electron chi connectivity index (χ3n) is 3.16. The van der Waals surface area contributed by atoms with Crippen LogP contribution in [0.1, 0.15) is 43.2 Å². The van der Waals surface area contributed by atoms with Gasteiger partial charge in [0.25, 0.3) is 0 Å². The Balaban J connectivity index is 2.52. The Bertz CT molecular complexity index is 569. The van der Waals surface area contributed by atoms with Crippen LogP contribution in [0.25, 0.3) is 0 Å². The second-order valence-electron chi connectivity index (χ2n) is 4.49. The minimum atomic E-state index is -0.926. The molecule has 2 rings (SSSR count). The summed E-state index contributed by atoms with van der Waals surface area (Å²) in [6, 6.07) is 3.01. The van der Waals surface area contributed by atoms with Crippen molar-refractivity contribution in [1.82, 2.24) is 0 Å². The minimum Gasteiger partial charge on any atom is -0.508 e. The van der Waals surface area contributed by atoms with Crippen LogP contribution in [0.4, 0.5) is 0 Å². The molecular formula is C15H13ClO3. The van der Waals surface area contributed by atoms with E-state index in [9.17, 15) is 14.7 Å². The molecule has 0 atom stereocenters. The van der Waals surface area contributed by atoms with E-state index in [0.29, 0.717) is 24.8 Å². The van der Waals surface area contributed by atoms with Crippen molar-refractivity contribution in [3.63, 3.8) is 0 Å². The zero-order chi connectivity index (χ0) is 14.0. The number of hydrogen-bond acceptors (Lipinski definition) is 3. The summed E-state index contributed by atoms with van der Waals surface area (Å²) < 4.78 is 0. The van der Waals surface area contributed by atoms with Crippen LogP contribution < -0.4 is 0 Å². The van der Waals surface area contributed by atoms with Gasteiger partial charge in [0.15, 0.2) is 0 Å². The Labute approximate surface area is 116 Å². The second-order valence-corrected chi connectivity index (χ2v) is 4.89. The minimum absolute atomic E-state index is 0.140. The quantitative estimate of drug-likeness (QED) is 0.634. The summed E-state index contributed by atoms with van der Waals surface area (Å²) in [6.45, 7) is 1.67. The number of carbonyl (C=O) groups is 2. The SMILES string of the molecule is CC#Cc1cc(O)c(C2C(=O)CCCC2=O)c(Cl)c1. The van der Waals surface area contributed by atoms with E-state index >= 15 is 0 Å². The van der Waals surface area contributed by atoms with Crippen LogP contribution in [0.3, 0.4) is 0 Å². The molecule has 1 aliphatic carbocycles. The largest absolute Gasteiger partial charge is 0.508 e. The molecule has 0 aliphatic heterocycles. The van der Waals surface area contributed by atoms with E-state index in [2.05, 4.69) is 11.8 Å². The summed E-state index contributed by atoms with van der Waals surface area (Å²) in [5.41, 5.74) is 0.780. The number of phenols is 1. The highest BCUT2D eigenvalue weighted by Crippen LogP contribution is 2.38. The van der Waals surface area contributed by atoms with Crippen LogP contribution in [0.15, 0.2) is 12.1 Å². The van der Waals surface area contributed by atoms with Gasteiger partial charge < -0.3 is 5.11 Å². The van der Waals surface area contributed by atoms with Crippen molar-refractivity contribution in [3.8, 4) is 17.6 Å². The lowest BCUT2D eigenvalue weighted by atomic mass is 9.81. The number of Topliss-reactive ketones (excluding diaryl/α,β-unsaturated/α-hetero) is 2. The molecule has 0 unspecified atom stereocenters. The number of rotatable bonds is 1. The predicted molar refractivity (Wildman–Crippen MR) is 72.3 cm³/mol. The van der Waals surface area contributed by atoms with Gasteiger partial charge in [-0.2, -0.15) is 0 Å². The Morgan fingerprint density at radius 3 is 2.42 bits per heavy atom.